The van der Waals surface area contributed by atoms with E-state index in [-0.39, 0.29) is 0 Å². The molecule has 5 nitrogen and oxygen atoms in total. The van der Waals surface area contributed by atoms with Crippen molar-refractivity contribution in [1.82, 2.24) is 9.97 Å². The fourth-order valence-electron chi connectivity index (χ4n) is 1.17. The van der Waals surface area contributed by atoms with Gasteiger partial charge in [0.1, 0.15) is 5.25 Å². The van der Waals surface area contributed by atoms with Gasteiger partial charge in [-0.3, -0.25) is 4.55 Å². The second kappa shape index (κ2) is 3.89. The van der Waals surface area contributed by atoms with E-state index < -0.39 is 15.4 Å². The molecule has 0 aromatic carbocycles. The molecule has 0 amide bonds. The van der Waals surface area contributed by atoms with Gasteiger partial charge in [-0.25, -0.2) is 4.98 Å². The monoisotopic (exact) mass is 204 g/mol. The molecule has 74 valence electrons. The number of aromatic amines is 1. The Balaban J connectivity index is 2.94. The van der Waals surface area contributed by atoms with Crippen LogP contribution in [0.1, 0.15) is 30.7 Å². The summed E-state index contributed by atoms with van der Waals surface area (Å²) in [7, 11) is -4.02. The summed E-state index contributed by atoms with van der Waals surface area (Å²) in [4.78, 5) is 6.39. The summed E-state index contributed by atoms with van der Waals surface area (Å²) < 4.78 is 30.8. The number of nitrogens with zero attached hydrogens (tertiary/aromatic N) is 1. The van der Waals surface area contributed by atoms with Crippen LogP contribution >= 0.6 is 0 Å². The average Bonchev–Trinajstić information content (AvgIpc) is 2.49. The first-order chi connectivity index (χ1) is 6.05. The lowest BCUT2D eigenvalue weighted by Crippen LogP contribution is -2.12. The van der Waals surface area contributed by atoms with E-state index >= 15 is 0 Å². The fraction of sp³-hybridized carbons (Fsp3) is 0.571. The lowest BCUT2D eigenvalue weighted by Gasteiger charge is -2.09. The van der Waals surface area contributed by atoms with Crippen molar-refractivity contribution in [3.8, 4) is 0 Å². The summed E-state index contributed by atoms with van der Waals surface area (Å²) >= 11 is 0. The molecule has 0 aliphatic rings. The van der Waals surface area contributed by atoms with Gasteiger partial charge < -0.3 is 4.98 Å². The van der Waals surface area contributed by atoms with E-state index in [9.17, 15) is 8.42 Å². The largest absolute Gasteiger partial charge is 0.347 e. The number of hydrogen-bond acceptors (Lipinski definition) is 3. The third-order valence-electron chi connectivity index (χ3n) is 1.78. The topological polar surface area (TPSA) is 83.0 Å². The standard InChI is InChI=1S/C7H12N2O3S/c1-2-3-7(13(10,11)12)6-4-8-5-9-6/h4-5,7H,2-3H2,1H3,(H,8,9)(H,10,11,12). The maximum absolute atomic E-state index is 10.9. The highest BCUT2D eigenvalue weighted by Crippen LogP contribution is 2.23. The Morgan fingerprint density at radius 1 is 1.69 bits per heavy atom. The molecular weight excluding hydrogens is 192 g/mol. The molecule has 0 bridgehead atoms. The third kappa shape index (κ3) is 2.53. The van der Waals surface area contributed by atoms with Crippen molar-refractivity contribution in [3.05, 3.63) is 18.2 Å². The van der Waals surface area contributed by atoms with E-state index in [1.807, 2.05) is 6.92 Å². The Morgan fingerprint density at radius 2 is 2.38 bits per heavy atom. The Labute approximate surface area is 76.9 Å². The van der Waals surface area contributed by atoms with Gasteiger partial charge in [-0.15, -0.1) is 0 Å². The molecule has 0 spiro atoms. The number of nitrogens with one attached hydrogen (secondary N) is 1. The van der Waals surface area contributed by atoms with E-state index in [2.05, 4.69) is 9.97 Å². The minimum atomic E-state index is -4.02. The number of H-pyrrole nitrogens is 1. The van der Waals surface area contributed by atoms with Crippen molar-refractivity contribution in [2.75, 3.05) is 0 Å². The van der Waals surface area contributed by atoms with Crippen LogP contribution in [0, 0.1) is 0 Å². The van der Waals surface area contributed by atoms with E-state index in [1.54, 1.807) is 0 Å². The van der Waals surface area contributed by atoms with Gasteiger partial charge in [0, 0.05) is 6.20 Å². The van der Waals surface area contributed by atoms with Crippen LogP contribution in [-0.4, -0.2) is 22.9 Å². The molecule has 1 unspecified atom stereocenters. The van der Waals surface area contributed by atoms with Crippen LogP contribution in [-0.2, 0) is 10.1 Å². The van der Waals surface area contributed by atoms with Crippen LogP contribution in [0.25, 0.3) is 0 Å². The molecule has 2 N–H and O–H groups in total. The number of rotatable bonds is 4. The van der Waals surface area contributed by atoms with Crippen LogP contribution in [0.15, 0.2) is 12.5 Å². The van der Waals surface area contributed by atoms with Crippen LogP contribution in [0.2, 0.25) is 0 Å². The quantitative estimate of drug-likeness (QED) is 0.720. The molecule has 6 heteroatoms. The molecule has 1 aromatic heterocycles. The zero-order chi connectivity index (χ0) is 9.90. The van der Waals surface area contributed by atoms with Gasteiger partial charge in [0.15, 0.2) is 0 Å². The zero-order valence-electron chi connectivity index (χ0n) is 7.27. The third-order valence-corrected chi connectivity index (χ3v) is 2.99. The normalized spacial score (nSPS) is 14.3. The van der Waals surface area contributed by atoms with Gasteiger partial charge >= 0.3 is 0 Å². The Morgan fingerprint density at radius 3 is 2.77 bits per heavy atom. The molecule has 0 radical (unpaired) electrons. The highest BCUT2D eigenvalue weighted by atomic mass is 32.2. The maximum Gasteiger partial charge on any atom is 0.273 e. The Hall–Kier alpha value is -0.880. The second-order valence-corrected chi connectivity index (χ2v) is 4.40. The summed E-state index contributed by atoms with van der Waals surface area (Å²) in [6.07, 6.45) is 3.88. The Kier molecular flexibility index (Phi) is 3.05. The number of hydrogen-bond donors (Lipinski definition) is 2. The summed E-state index contributed by atoms with van der Waals surface area (Å²) in [5.41, 5.74) is 0.435. The number of aromatic nitrogens is 2. The SMILES string of the molecule is CCCC(c1cnc[nH]1)S(=O)(=O)O. The van der Waals surface area contributed by atoms with Crippen LogP contribution in [0.3, 0.4) is 0 Å². The summed E-state index contributed by atoms with van der Waals surface area (Å²) in [5, 5.41) is -0.875. The summed E-state index contributed by atoms with van der Waals surface area (Å²) in [5.74, 6) is 0. The van der Waals surface area contributed by atoms with Crippen molar-refractivity contribution in [2.45, 2.75) is 25.0 Å². The minimum Gasteiger partial charge on any atom is -0.347 e. The zero-order valence-corrected chi connectivity index (χ0v) is 8.08. The van der Waals surface area contributed by atoms with Gasteiger partial charge in [0.05, 0.1) is 12.0 Å². The van der Waals surface area contributed by atoms with Crippen molar-refractivity contribution >= 4 is 10.1 Å². The molecule has 1 aromatic rings. The molecule has 1 rings (SSSR count). The average molecular weight is 204 g/mol. The smallest absolute Gasteiger partial charge is 0.273 e. The molecule has 0 saturated carbocycles. The number of imidazole rings is 1. The lowest BCUT2D eigenvalue weighted by molar-refractivity contribution is 0.462. The van der Waals surface area contributed by atoms with Crippen LogP contribution in [0.4, 0.5) is 0 Å². The maximum atomic E-state index is 10.9. The predicted octanol–water partition coefficient (Wildman–Crippen LogP) is 1.14. The molecule has 1 heterocycles. The first kappa shape index (κ1) is 10.2. The second-order valence-electron chi connectivity index (χ2n) is 2.80. The molecule has 13 heavy (non-hydrogen) atoms. The molecule has 1 atom stereocenters. The Bertz CT molecular complexity index is 344. The molecule has 0 fully saturated rings. The predicted molar refractivity (Wildman–Crippen MR) is 47.8 cm³/mol. The van der Waals surface area contributed by atoms with Crippen molar-refractivity contribution in [1.29, 1.82) is 0 Å². The summed E-state index contributed by atoms with van der Waals surface area (Å²) in [6, 6.07) is 0. The minimum absolute atomic E-state index is 0.390. The molecule has 0 aliphatic heterocycles. The van der Waals surface area contributed by atoms with Gasteiger partial charge in [-0.2, -0.15) is 8.42 Å². The van der Waals surface area contributed by atoms with E-state index in [0.717, 1.165) is 0 Å². The first-order valence-electron chi connectivity index (χ1n) is 4.00. The van der Waals surface area contributed by atoms with Gasteiger partial charge in [0.2, 0.25) is 0 Å². The van der Waals surface area contributed by atoms with Crippen molar-refractivity contribution in [2.24, 2.45) is 0 Å². The highest BCUT2D eigenvalue weighted by molar-refractivity contribution is 7.86. The van der Waals surface area contributed by atoms with Gasteiger partial charge in [-0.05, 0) is 6.42 Å². The lowest BCUT2D eigenvalue weighted by atomic mass is 10.2. The van der Waals surface area contributed by atoms with Crippen LogP contribution in [0.5, 0.6) is 0 Å². The molecule has 0 saturated heterocycles. The molecular formula is C7H12N2O3S. The van der Waals surface area contributed by atoms with Crippen molar-refractivity contribution in [3.63, 3.8) is 0 Å². The van der Waals surface area contributed by atoms with Gasteiger partial charge in [-0.1, -0.05) is 13.3 Å². The van der Waals surface area contributed by atoms with Crippen LogP contribution < -0.4 is 0 Å². The van der Waals surface area contributed by atoms with E-state index in [4.69, 9.17) is 4.55 Å². The van der Waals surface area contributed by atoms with E-state index in [0.29, 0.717) is 18.5 Å². The first-order valence-corrected chi connectivity index (χ1v) is 5.50. The highest BCUT2D eigenvalue weighted by Gasteiger charge is 2.24. The summed E-state index contributed by atoms with van der Waals surface area (Å²) in [6.45, 7) is 1.86. The molecule has 0 aliphatic carbocycles. The van der Waals surface area contributed by atoms with Crippen molar-refractivity contribution < 1.29 is 13.0 Å². The van der Waals surface area contributed by atoms with E-state index in [1.165, 1.54) is 12.5 Å². The van der Waals surface area contributed by atoms with Gasteiger partial charge in [0.25, 0.3) is 10.1 Å². The fourth-order valence-corrected chi connectivity index (χ4v) is 2.15.